The van der Waals surface area contributed by atoms with E-state index in [4.69, 9.17) is 0 Å². The van der Waals surface area contributed by atoms with Crippen molar-refractivity contribution in [1.29, 1.82) is 0 Å². The van der Waals surface area contributed by atoms with Gasteiger partial charge in [-0.25, -0.2) is 0 Å². The zero-order chi connectivity index (χ0) is 14.1. The molecule has 3 heteroatoms. The summed E-state index contributed by atoms with van der Waals surface area (Å²) < 4.78 is 1.92. The van der Waals surface area contributed by atoms with Gasteiger partial charge >= 0.3 is 0 Å². The molecule has 20 heavy (non-hydrogen) atoms. The summed E-state index contributed by atoms with van der Waals surface area (Å²) in [6, 6.07) is 7.34. The molecule has 3 rings (SSSR count). The summed E-state index contributed by atoms with van der Waals surface area (Å²) in [6.45, 7) is 5.25. The second kappa shape index (κ2) is 5.41. The van der Waals surface area contributed by atoms with Crippen LogP contribution in [-0.4, -0.2) is 9.78 Å². The molecule has 1 atom stereocenters. The number of benzene rings is 1. The lowest BCUT2D eigenvalue weighted by atomic mass is 10.0. The Bertz CT molecular complexity index is 613. The fourth-order valence-corrected chi connectivity index (χ4v) is 3.20. The minimum atomic E-state index is 0.495. The quantitative estimate of drug-likeness (QED) is 0.924. The fourth-order valence-electron chi connectivity index (χ4n) is 3.20. The summed E-state index contributed by atoms with van der Waals surface area (Å²) >= 11 is 0. The number of aromatic nitrogens is 2. The molecule has 1 aromatic heterocycles. The van der Waals surface area contributed by atoms with E-state index in [1.165, 1.54) is 40.8 Å². The Hall–Kier alpha value is -1.61. The summed E-state index contributed by atoms with van der Waals surface area (Å²) in [4.78, 5) is 0. The van der Waals surface area contributed by atoms with Crippen LogP contribution >= 0.6 is 0 Å². The SMILES string of the molecule is CCc1nn(C)cc1CNC1CCc2ccc(C)cc21. The van der Waals surface area contributed by atoms with Crippen molar-refractivity contribution in [3.05, 3.63) is 52.3 Å². The smallest absolute Gasteiger partial charge is 0.0666 e. The molecular formula is C17H23N3. The summed E-state index contributed by atoms with van der Waals surface area (Å²) in [6.07, 6.45) is 5.54. The largest absolute Gasteiger partial charge is 0.306 e. The number of fused-ring (bicyclic) bond motifs is 1. The molecule has 0 aliphatic heterocycles. The molecule has 2 aromatic rings. The molecule has 1 aromatic carbocycles. The van der Waals surface area contributed by atoms with Crippen LogP contribution in [0.2, 0.25) is 0 Å². The second-order valence-corrected chi connectivity index (χ2v) is 5.80. The highest BCUT2D eigenvalue weighted by atomic mass is 15.3. The van der Waals surface area contributed by atoms with E-state index in [2.05, 4.69) is 48.7 Å². The molecule has 0 saturated heterocycles. The van der Waals surface area contributed by atoms with Gasteiger partial charge < -0.3 is 5.32 Å². The first-order valence-corrected chi connectivity index (χ1v) is 7.51. The summed E-state index contributed by atoms with van der Waals surface area (Å²) in [7, 11) is 2.00. The molecule has 3 nitrogen and oxygen atoms in total. The van der Waals surface area contributed by atoms with Crippen LogP contribution in [0.15, 0.2) is 24.4 Å². The van der Waals surface area contributed by atoms with Crippen molar-refractivity contribution in [1.82, 2.24) is 15.1 Å². The highest BCUT2D eigenvalue weighted by Gasteiger charge is 2.22. The first kappa shape index (κ1) is 13.4. The van der Waals surface area contributed by atoms with Crippen LogP contribution in [0.4, 0.5) is 0 Å². The predicted octanol–water partition coefficient (Wildman–Crippen LogP) is 3.07. The maximum atomic E-state index is 4.51. The van der Waals surface area contributed by atoms with Crippen LogP contribution in [-0.2, 0) is 26.4 Å². The van der Waals surface area contributed by atoms with E-state index >= 15 is 0 Å². The average Bonchev–Trinajstić information content (AvgIpc) is 2.99. The molecule has 0 bridgehead atoms. The van der Waals surface area contributed by atoms with E-state index in [1.54, 1.807) is 0 Å². The Morgan fingerprint density at radius 2 is 2.25 bits per heavy atom. The van der Waals surface area contributed by atoms with Crippen LogP contribution in [0.1, 0.15) is 47.3 Å². The number of aryl methyl sites for hydroxylation is 4. The lowest BCUT2D eigenvalue weighted by Gasteiger charge is -2.14. The summed E-state index contributed by atoms with van der Waals surface area (Å²) in [5.41, 5.74) is 6.90. The third-order valence-electron chi connectivity index (χ3n) is 4.24. The highest BCUT2D eigenvalue weighted by Crippen LogP contribution is 2.32. The van der Waals surface area contributed by atoms with Gasteiger partial charge in [-0.15, -0.1) is 0 Å². The molecule has 1 N–H and O–H groups in total. The Kier molecular flexibility index (Phi) is 3.62. The third-order valence-corrected chi connectivity index (χ3v) is 4.24. The van der Waals surface area contributed by atoms with Crippen molar-refractivity contribution in [2.45, 2.75) is 45.7 Å². The van der Waals surface area contributed by atoms with Crippen molar-refractivity contribution >= 4 is 0 Å². The summed E-state index contributed by atoms with van der Waals surface area (Å²) in [5, 5.41) is 8.23. The van der Waals surface area contributed by atoms with Gasteiger partial charge in [-0.2, -0.15) is 5.10 Å². The van der Waals surface area contributed by atoms with Gasteiger partial charge in [0.05, 0.1) is 5.69 Å². The monoisotopic (exact) mass is 269 g/mol. The van der Waals surface area contributed by atoms with E-state index in [0.717, 1.165) is 13.0 Å². The highest BCUT2D eigenvalue weighted by molar-refractivity contribution is 5.37. The maximum absolute atomic E-state index is 4.51. The Morgan fingerprint density at radius 3 is 3.05 bits per heavy atom. The van der Waals surface area contributed by atoms with Crippen molar-refractivity contribution in [3.8, 4) is 0 Å². The van der Waals surface area contributed by atoms with E-state index in [0.29, 0.717) is 6.04 Å². The van der Waals surface area contributed by atoms with E-state index in [9.17, 15) is 0 Å². The third kappa shape index (κ3) is 2.50. The van der Waals surface area contributed by atoms with Crippen molar-refractivity contribution < 1.29 is 0 Å². The molecule has 0 radical (unpaired) electrons. The molecule has 0 amide bonds. The Balaban J connectivity index is 1.73. The number of hydrogen-bond donors (Lipinski definition) is 1. The number of rotatable bonds is 4. The van der Waals surface area contributed by atoms with Gasteiger partial charge in [0.1, 0.15) is 0 Å². The molecular weight excluding hydrogens is 246 g/mol. The number of hydrogen-bond acceptors (Lipinski definition) is 2. The van der Waals surface area contributed by atoms with Gasteiger partial charge in [0.2, 0.25) is 0 Å². The van der Waals surface area contributed by atoms with Crippen molar-refractivity contribution in [2.24, 2.45) is 7.05 Å². The van der Waals surface area contributed by atoms with E-state index < -0.39 is 0 Å². The van der Waals surface area contributed by atoms with E-state index in [-0.39, 0.29) is 0 Å². The lowest BCUT2D eigenvalue weighted by Crippen LogP contribution is -2.19. The van der Waals surface area contributed by atoms with Crippen molar-refractivity contribution in [3.63, 3.8) is 0 Å². The maximum Gasteiger partial charge on any atom is 0.0666 e. The van der Waals surface area contributed by atoms with Crippen molar-refractivity contribution in [2.75, 3.05) is 0 Å². The predicted molar refractivity (Wildman–Crippen MR) is 81.7 cm³/mol. The number of nitrogens with one attached hydrogen (secondary N) is 1. The molecule has 106 valence electrons. The van der Waals surface area contributed by atoms with Crippen LogP contribution < -0.4 is 5.32 Å². The lowest BCUT2D eigenvalue weighted by molar-refractivity contribution is 0.528. The van der Waals surface area contributed by atoms with Crippen LogP contribution in [0.5, 0.6) is 0 Å². The topological polar surface area (TPSA) is 29.9 Å². The molecule has 1 unspecified atom stereocenters. The molecule has 0 saturated carbocycles. The van der Waals surface area contributed by atoms with Crippen LogP contribution in [0.25, 0.3) is 0 Å². The minimum absolute atomic E-state index is 0.495. The summed E-state index contributed by atoms with van der Waals surface area (Å²) in [5.74, 6) is 0. The van der Waals surface area contributed by atoms with Gasteiger partial charge in [-0.1, -0.05) is 30.7 Å². The van der Waals surface area contributed by atoms with Gasteiger partial charge in [0, 0.05) is 31.4 Å². The first-order chi connectivity index (χ1) is 9.67. The normalized spacial score (nSPS) is 17.4. The first-order valence-electron chi connectivity index (χ1n) is 7.51. The standard InChI is InChI=1S/C17H23N3/c1-4-16-14(11-20(3)19-16)10-18-17-8-7-13-6-5-12(2)9-15(13)17/h5-6,9,11,17-18H,4,7-8,10H2,1-3H3. The second-order valence-electron chi connectivity index (χ2n) is 5.80. The minimum Gasteiger partial charge on any atom is -0.306 e. The zero-order valence-electron chi connectivity index (χ0n) is 12.6. The Labute approximate surface area is 121 Å². The molecule has 0 spiro atoms. The number of nitrogens with zero attached hydrogens (tertiary/aromatic N) is 2. The van der Waals surface area contributed by atoms with E-state index in [1.807, 2.05) is 11.7 Å². The van der Waals surface area contributed by atoms with Gasteiger partial charge in [-0.3, -0.25) is 4.68 Å². The Morgan fingerprint density at radius 1 is 1.40 bits per heavy atom. The van der Waals surface area contributed by atoms with Crippen LogP contribution in [0.3, 0.4) is 0 Å². The average molecular weight is 269 g/mol. The zero-order valence-corrected chi connectivity index (χ0v) is 12.6. The van der Waals surface area contributed by atoms with Crippen LogP contribution in [0, 0.1) is 6.92 Å². The molecule has 1 aliphatic carbocycles. The van der Waals surface area contributed by atoms with Gasteiger partial charge in [0.15, 0.2) is 0 Å². The fraction of sp³-hybridized carbons (Fsp3) is 0.471. The van der Waals surface area contributed by atoms with Gasteiger partial charge in [-0.05, 0) is 37.3 Å². The molecule has 1 aliphatic rings. The molecule has 1 heterocycles. The molecule has 0 fully saturated rings. The van der Waals surface area contributed by atoms with Gasteiger partial charge in [0.25, 0.3) is 0 Å².